The maximum absolute atomic E-state index is 13.3. The SMILES string of the molecule is NC(=O)CCC(NC(=O)C1CCCN1C(=O)C(N)Cc1ccccc1)C(=O)NC(Cc1ccccc1)C(=O)O. The fourth-order valence-corrected chi connectivity index (χ4v) is 4.62. The van der Waals surface area contributed by atoms with Crippen molar-refractivity contribution in [3.05, 3.63) is 71.8 Å². The zero-order chi connectivity index (χ0) is 28.4. The van der Waals surface area contributed by atoms with Gasteiger partial charge in [0, 0.05) is 19.4 Å². The van der Waals surface area contributed by atoms with Gasteiger partial charge in [0.1, 0.15) is 18.1 Å². The first kappa shape index (κ1) is 29.3. The Kier molecular flexibility index (Phi) is 10.6. The number of nitrogens with one attached hydrogen (secondary N) is 2. The molecule has 0 saturated carbocycles. The Hall–Kier alpha value is -4.25. The molecule has 1 aliphatic rings. The molecule has 4 amide bonds. The Morgan fingerprint density at radius 3 is 2.05 bits per heavy atom. The second-order valence-corrected chi connectivity index (χ2v) is 9.64. The third kappa shape index (κ3) is 8.64. The maximum Gasteiger partial charge on any atom is 0.326 e. The predicted octanol–water partition coefficient (Wildman–Crippen LogP) is 0.110. The number of rotatable bonds is 13. The van der Waals surface area contributed by atoms with Gasteiger partial charge in [-0.2, -0.15) is 0 Å². The lowest BCUT2D eigenvalue weighted by Gasteiger charge is -2.28. The lowest BCUT2D eigenvalue weighted by atomic mass is 10.0. The van der Waals surface area contributed by atoms with Crippen molar-refractivity contribution in [3.63, 3.8) is 0 Å². The molecule has 2 aromatic rings. The van der Waals surface area contributed by atoms with E-state index in [1.54, 1.807) is 30.3 Å². The monoisotopic (exact) mass is 537 g/mol. The quantitative estimate of drug-likeness (QED) is 0.240. The Morgan fingerprint density at radius 1 is 0.897 bits per heavy atom. The summed E-state index contributed by atoms with van der Waals surface area (Å²) in [6.07, 6.45) is 0.974. The molecular weight excluding hydrogens is 502 g/mol. The van der Waals surface area contributed by atoms with Crippen molar-refractivity contribution in [3.8, 4) is 0 Å². The second-order valence-electron chi connectivity index (χ2n) is 9.64. The van der Waals surface area contributed by atoms with E-state index < -0.39 is 47.9 Å². The molecule has 4 atom stereocenters. The average Bonchev–Trinajstić information content (AvgIpc) is 3.41. The van der Waals surface area contributed by atoms with Crippen molar-refractivity contribution in [1.82, 2.24) is 15.5 Å². The van der Waals surface area contributed by atoms with Gasteiger partial charge >= 0.3 is 5.97 Å². The number of carboxylic acid groups (broad SMARTS) is 1. The molecule has 3 rings (SSSR count). The van der Waals surface area contributed by atoms with Crippen LogP contribution >= 0.6 is 0 Å². The van der Waals surface area contributed by atoms with Crippen molar-refractivity contribution in [2.75, 3.05) is 6.54 Å². The third-order valence-corrected chi connectivity index (χ3v) is 6.66. The molecule has 0 bridgehead atoms. The van der Waals surface area contributed by atoms with Crippen LogP contribution in [0.25, 0.3) is 0 Å². The van der Waals surface area contributed by atoms with Crippen molar-refractivity contribution in [2.24, 2.45) is 11.5 Å². The number of nitrogens with two attached hydrogens (primary N) is 2. The summed E-state index contributed by atoms with van der Waals surface area (Å²) in [6.45, 7) is 0.343. The minimum absolute atomic E-state index is 0.0304. The molecule has 2 aromatic carbocycles. The average molecular weight is 538 g/mol. The first-order chi connectivity index (χ1) is 18.7. The molecule has 208 valence electrons. The zero-order valence-corrected chi connectivity index (χ0v) is 21.6. The molecule has 4 unspecified atom stereocenters. The highest BCUT2D eigenvalue weighted by molar-refractivity contribution is 5.94. The molecule has 1 aliphatic heterocycles. The van der Waals surface area contributed by atoms with E-state index in [9.17, 15) is 29.1 Å². The van der Waals surface area contributed by atoms with Crippen molar-refractivity contribution in [1.29, 1.82) is 0 Å². The molecule has 39 heavy (non-hydrogen) atoms. The predicted molar refractivity (Wildman–Crippen MR) is 143 cm³/mol. The van der Waals surface area contributed by atoms with Gasteiger partial charge < -0.3 is 32.1 Å². The summed E-state index contributed by atoms with van der Waals surface area (Å²) in [6, 6.07) is 13.9. The van der Waals surface area contributed by atoms with Gasteiger partial charge in [-0.1, -0.05) is 60.7 Å². The number of amides is 4. The molecule has 0 radical (unpaired) electrons. The number of aliphatic carboxylic acids is 1. The zero-order valence-electron chi connectivity index (χ0n) is 21.6. The Bertz CT molecular complexity index is 1160. The van der Waals surface area contributed by atoms with E-state index in [-0.39, 0.29) is 25.2 Å². The van der Waals surface area contributed by atoms with E-state index in [1.165, 1.54) is 4.90 Å². The van der Waals surface area contributed by atoms with Crippen LogP contribution in [0.1, 0.15) is 36.8 Å². The topological polar surface area (TPSA) is 185 Å². The molecule has 11 nitrogen and oxygen atoms in total. The van der Waals surface area contributed by atoms with Crippen molar-refractivity contribution < 1.29 is 29.1 Å². The van der Waals surface area contributed by atoms with Gasteiger partial charge in [0.2, 0.25) is 23.6 Å². The third-order valence-electron chi connectivity index (χ3n) is 6.66. The summed E-state index contributed by atoms with van der Waals surface area (Å²) in [5, 5.41) is 14.7. The second kappa shape index (κ2) is 14.1. The number of carbonyl (C=O) groups excluding carboxylic acids is 4. The van der Waals surface area contributed by atoms with Gasteiger partial charge in [-0.05, 0) is 36.8 Å². The highest BCUT2D eigenvalue weighted by Gasteiger charge is 2.38. The maximum atomic E-state index is 13.3. The van der Waals surface area contributed by atoms with Crippen LogP contribution in [0.4, 0.5) is 0 Å². The van der Waals surface area contributed by atoms with E-state index >= 15 is 0 Å². The summed E-state index contributed by atoms with van der Waals surface area (Å²) in [4.78, 5) is 64.1. The summed E-state index contributed by atoms with van der Waals surface area (Å²) in [7, 11) is 0. The van der Waals surface area contributed by atoms with Gasteiger partial charge in [-0.15, -0.1) is 0 Å². The van der Waals surface area contributed by atoms with E-state index in [1.807, 2.05) is 30.3 Å². The van der Waals surface area contributed by atoms with Crippen LogP contribution in [0.15, 0.2) is 60.7 Å². The van der Waals surface area contributed by atoms with Crippen LogP contribution in [-0.2, 0) is 36.8 Å². The van der Waals surface area contributed by atoms with Gasteiger partial charge in [0.15, 0.2) is 0 Å². The molecule has 1 saturated heterocycles. The number of benzene rings is 2. The smallest absolute Gasteiger partial charge is 0.326 e. The molecule has 0 aliphatic carbocycles. The van der Waals surface area contributed by atoms with Crippen LogP contribution in [0.2, 0.25) is 0 Å². The van der Waals surface area contributed by atoms with Gasteiger partial charge in [-0.25, -0.2) is 4.79 Å². The van der Waals surface area contributed by atoms with Gasteiger partial charge in [-0.3, -0.25) is 19.2 Å². The van der Waals surface area contributed by atoms with E-state index in [0.717, 1.165) is 5.56 Å². The van der Waals surface area contributed by atoms with Crippen LogP contribution < -0.4 is 22.1 Å². The Morgan fingerprint density at radius 2 is 1.49 bits per heavy atom. The van der Waals surface area contributed by atoms with Crippen LogP contribution in [0.3, 0.4) is 0 Å². The van der Waals surface area contributed by atoms with Crippen LogP contribution in [0, 0.1) is 0 Å². The number of carboxylic acids is 1. The molecule has 1 fully saturated rings. The van der Waals surface area contributed by atoms with E-state index in [4.69, 9.17) is 11.5 Å². The standard InChI is InChI=1S/C28H35N5O6/c29-20(16-18-8-3-1-4-9-18)27(37)33-15-7-12-23(33)26(36)31-21(13-14-24(30)34)25(35)32-22(28(38)39)17-19-10-5-2-6-11-19/h1-6,8-11,20-23H,7,12-17,29H2,(H2,30,34)(H,31,36)(H,32,35)(H,38,39). The number of hydrogen-bond acceptors (Lipinski definition) is 6. The van der Waals surface area contributed by atoms with Gasteiger partial charge in [0.05, 0.1) is 6.04 Å². The summed E-state index contributed by atoms with van der Waals surface area (Å²) in [5.74, 6) is -3.63. The van der Waals surface area contributed by atoms with E-state index in [2.05, 4.69) is 10.6 Å². The van der Waals surface area contributed by atoms with Crippen LogP contribution in [0.5, 0.6) is 0 Å². The van der Waals surface area contributed by atoms with Crippen molar-refractivity contribution >= 4 is 29.6 Å². The Balaban J connectivity index is 1.68. The fourth-order valence-electron chi connectivity index (χ4n) is 4.62. The molecule has 7 N–H and O–H groups in total. The number of likely N-dealkylation sites (tertiary alicyclic amines) is 1. The molecule has 0 aromatic heterocycles. The number of nitrogens with zero attached hydrogens (tertiary/aromatic N) is 1. The highest BCUT2D eigenvalue weighted by Crippen LogP contribution is 2.20. The number of primary amides is 1. The van der Waals surface area contributed by atoms with Crippen LogP contribution in [-0.4, -0.2) is 70.3 Å². The molecular formula is C28H35N5O6. The Labute approximate surface area is 226 Å². The summed E-state index contributed by atoms with van der Waals surface area (Å²) in [5.41, 5.74) is 13.0. The fraction of sp³-hybridized carbons (Fsp3) is 0.393. The van der Waals surface area contributed by atoms with E-state index in [0.29, 0.717) is 31.4 Å². The first-order valence-electron chi connectivity index (χ1n) is 12.9. The lowest BCUT2D eigenvalue weighted by Crippen LogP contribution is -2.57. The van der Waals surface area contributed by atoms with Crippen molar-refractivity contribution in [2.45, 2.75) is 62.7 Å². The minimum atomic E-state index is -1.26. The highest BCUT2D eigenvalue weighted by atomic mass is 16.4. The largest absolute Gasteiger partial charge is 0.480 e. The molecule has 11 heteroatoms. The molecule has 0 spiro atoms. The first-order valence-corrected chi connectivity index (χ1v) is 12.9. The summed E-state index contributed by atoms with van der Waals surface area (Å²) < 4.78 is 0. The molecule has 1 heterocycles. The summed E-state index contributed by atoms with van der Waals surface area (Å²) >= 11 is 0. The lowest BCUT2D eigenvalue weighted by molar-refractivity contribution is -0.143. The number of carbonyl (C=O) groups is 5. The minimum Gasteiger partial charge on any atom is -0.480 e. The van der Waals surface area contributed by atoms with Gasteiger partial charge in [0.25, 0.3) is 0 Å². The normalized spacial score (nSPS) is 17.1. The number of hydrogen-bond donors (Lipinski definition) is 5.